The van der Waals surface area contributed by atoms with Crippen LogP contribution in [0.1, 0.15) is 11.1 Å². The number of fused-ring (bicyclic) bond motifs is 2. The van der Waals surface area contributed by atoms with Gasteiger partial charge in [0.1, 0.15) is 12.1 Å². The van der Waals surface area contributed by atoms with Gasteiger partial charge in [-0.2, -0.15) is 0 Å². The normalized spacial score (nSPS) is 11.8. The van der Waals surface area contributed by atoms with E-state index in [4.69, 9.17) is 0 Å². The van der Waals surface area contributed by atoms with Crippen molar-refractivity contribution >= 4 is 37.6 Å². The number of nitrogens with one attached hydrogen (secondary N) is 1. The van der Waals surface area contributed by atoms with Gasteiger partial charge in [0.25, 0.3) is 0 Å². The summed E-state index contributed by atoms with van der Waals surface area (Å²) in [6.45, 7) is 1.31. The molecule has 0 spiro atoms. The van der Waals surface area contributed by atoms with Crippen molar-refractivity contribution < 1.29 is 8.42 Å². The molecule has 0 atom stereocenters. The van der Waals surface area contributed by atoms with E-state index in [0.717, 1.165) is 23.1 Å². The molecule has 0 aliphatic rings. The minimum atomic E-state index is -3.31. The summed E-state index contributed by atoms with van der Waals surface area (Å²) in [6, 6.07) is 21.3. The van der Waals surface area contributed by atoms with Crippen LogP contribution in [0.25, 0.3) is 21.9 Å². The maximum atomic E-state index is 11.9. The molecule has 1 N–H and O–H groups in total. The van der Waals surface area contributed by atoms with Gasteiger partial charge >= 0.3 is 0 Å². The van der Waals surface area contributed by atoms with Gasteiger partial charge < -0.3 is 9.88 Å². The third kappa shape index (κ3) is 4.04. The minimum absolute atomic E-state index is 0.249. The van der Waals surface area contributed by atoms with E-state index in [1.165, 1.54) is 18.1 Å². The Hall–Kier alpha value is -3.78. The zero-order valence-corrected chi connectivity index (χ0v) is 18.2. The van der Waals surface area contributed by atoms with Gasteiger partial charge in [-0.3, -0.25) is 0 Å². The van der Waals surface area contributed by atoms with Gasteiger partial charge in [0.2, 0.25) is 0 Å². The number of hydrogen-bond donors (Lipinski definition) is 1. The lowest BCUT2D eigenvalue weighted by Gasteiger charge is -2.10. The van der Waals surface area contributed by atoms with Crippen LogP contribution in [0.2, 0.25) is 0 Å². The highest BCUT2D eigenvalue weighted by molar-refractivity contribution is 7.90. The van der Waals surface area contributed by atoms with E-state index in [2.05, 4.69) is 55.2 Å². The topological polar surface area (TPSA) is 89.8 Å². The van der Waals surface area contributed by atoms with Gasteiger partial charge in [-0.25, -0.2) is 23.4 Å². The molecule has 5 aromatic rings. The Balaban J connectivity index is 1.33. The Bertz CT molecular complexity index is 1530. The summed E-state index contributed by atoms with van der Waals surface area (Å²) >= 11 is 0. The van der Waals surface area contributed by atoms with Crippen molar-refractivity contribution in [3.8, 4) is 0 Å². The van der Waals surface area contributed by atoms with Crippen LogP contribution in [0.3, 0.4) is 0 Å². The zero-order chi connectivity index (χ0) is 22.1. The Morgan fingerprint density at radius 2 is 1.66 bits per heavy atom. The molecule has 32 heavy (non-hydrogen) atoms. The van der Waals surface area contributed by atoms with Crippen LogP contribution < -0.4 is 5.32 Å². The first-order valence-electron chi connectivity index (χ1n) is 10.1. The Labute approximate surface area is 185 Å². The average molecular weight is 444 g/mol. The summed E-state index contributed by atoms with van der Waals surface area (Å²) in [4.78, 5) is 13.2. The van der Waals surface area contributed by atoms with Crippen molar-refractivity contribution in [3.05, 3.63) is 90.5 Å². The molecule has 0 saturated heterocycles. The van der Waals surface area contributed by atoms with Crippen molar-refractivity contribution in [1.29, 1.82) is 0 Å². The van der Waals surface area contributed by atoms with Gasteiger partial charge in [-0.15, -0.1) is 0 Å². The van der Waals surface area contributed by atoms with E-state index in [1.807, 2.05) is 24.5 Å². The molecule has 2 heterocycles. The first kappa shape index (κ1) is 20.1. The molecule has 0 aliphatic heterocycles. The molecular formula is C24H21N5O2S. The van der Waals surface area contributed by atoms with Crippen LogP contribution in [-0.4, -0.2) is 34.2 Å². The van der Waals surface area contributed by atoms with Crippen LogP contribution in [-0.2, 0) is 22.9 Å². The van der Waals surface area contributed by atoms with E-state index >= 15 is 0 Å². The summed E-state index contributed by atoms with van der Waals surface area (Å²) in [7, 11) is -3.31. The molecule has 0 unspecified atom stereocenters. The molecule has 0 amide bonds. The van der Waals surface area contributed by atoms with Crippen LogP contribution in [0.15, 0.2) is 84.3 Å². The van der Waals surface area contributed by atoms with Gasteiger partial charge in [0.15, 0.2) is 9.84 Å². The monoisotopic (exact) mass is 443 g/mol. The summed E-state index contributed by atoms with van der Waals surface area (Å²) < 4.78 is 26.0. The van der Waals surface area contributed by atoms with Crippen molar-refractivity contribution in [2.75, 3.05) is 11.6 Å². The minimum Gasteiger partial charge on any atom is -0.365 e. The second kappa shape index (κ2) is 8.05. The maximum Gasteiger partial charge on any atom is 0.175 e. The second-order valence-corrected chi connectivity index (χ2v) is 9.72. The molecule has 5 rings (SSSR count). The first-order valence-corrected chi connectivity index (χ1v) is 12.0. The van der Waals surface area contributed by atoms with Crippen molar-refractivity contribution in [1.82, 2.24) is 19.5 Å². The number of anilines is 1. The lowest BCUT2D eigenvalue weighted by Crippen LogP contribution is -2.04. The molecule has 0 saturated carbocycles. The molecule has 0 aliphatic carbocycles. The predicted octanol–water partition coefficient (Wildman–Crippen LogP) is 4.04. The number of benzene rings is 3. The molecule has 3 aromatic carbocycles. The fourth-order valence-corrected chi connectivity index (χ4v) is 4.34. The third-order valence-corrected chi connectivity index (χ3v) is 6.51. The number of imidazole rings is 1. The molecule has 7 nitrogen and oxygen atoms in total. The standard InChI is InChI=1S/C24H21N5O2S/c1-32(30,31)19-10-11-21-20(12-19)24(27-15-26-21)25-13-17-6-8-18(9-7-17)14-29-16-28-22-4-2-3-5-23(22)29/h2-12,15-16H,13-14H2,1H3,(H,25,26,27). The van der Waals surface area contributed by atoms with Crippen LogP contribution >= 0.6 is 0 Å². The van der Waals surface area contributed by atoms with Gasteiger partial charge in [0.05, 0.1) is 27.8 Å². The van der Waals surface area contributed by atoms with E-state index in [0.29, 0.717) is 23.3 Å². The molecule has 0 bridgehead atoms. The first-order chi connectivity index (χ1) is 15.5. The number of para-hydroxylation sites is 2. The predicted molar refractivity (Wildman–Crippen MR) is 125 cm³/mol. The lowest BCUT2D eigenvalue weighted by molar-refractivity contribution is 0.602. The van der Waals surface area contributed by atoms with Gasteiger partial charge in [-0.1, -0.05) is 36.4 Å². The van der Waals surface area contributed by atoms with E-state index < -0.39 is 9.84 Å². The summed E-state index contributed by atoms with van der Waals surface area (Å²) in [5.74, 6) is 0.606. The average Bonchev–Trinajstić information content (AvgIpc) is 3.20. The van der Waals surface area contributed by atoms with Crippen molar-refractivity contribution in [2.24, 2.45) is 0 Å². The molecular weight excluding hydrogens is 422 g/mol. The largest absolute Gasteiger partial charge is 0.365 e. The van der Waals surface area contributed by atoms with E-state index in [9.17, 15) is 8.42 Å². The Kier molecular flexibility index (Phi) is 5.07. The SMILES string of the molecule is CS(=O)(=O)c1ccc2ncnc(NCc3ccc(Cn4cnc5ccccc54)cc3)c2c1. The highest BCUT2D eigenvalue weighted by atomic mass is 32.2. The lowest BCUT2D eigenvalue weighted by atomic mass is 10.1. The fraction of sp³-hybridized carbons (Fsp3) is 0.125. The fourth-order valence-electron chi connectivity index (χ4n) is 3.69. The van der Waals surface area contributed by atoms with Crippen LogP contribution in [0.5, 0.6) is 0 Å². The number of sulfone groups is 1. The smallest absolute Gasteiger partial charge is 0.175 e. The summed E-state index contributed by atoms with van der Waals surface area (Å²) in [5, 5.41) is 3.99. The zero-order valence-electron chi connectivity index (χ0n) is 17.4. The molecule has 2 aromatic heterocycles. The second-order valence-electron chi connectivity index (χ2n) is 7.70. The number of aromatic nitrogens is 4. The number of nitrogens with zero attached hydrogens (tertiary/aromatic N) is 4. The number of rotatable bonds is 6. The van der Waals surface area contributed by atoms with Crippen molar-refractivity contribution in [3.63, 3.8) is 0 Å². The highest BCUT2D eigenvalue weighted by Gasteiger charge is 2.11. The van der Waals surface area contributed by atoms with Crippen LogP contribution in [0, 0.1) is 0 Å². The van der Waals surface area contributed by atoms with Crippen LogP contribution in [0.4, 0.5) is 5.82 Å². The summed E-state index contributed by atoms with van der Waals surface area (Å²) in [5.41, 5.74) is 5.07. The molecule has 8 heteroatoms. The highest BCUT2D eigenvalue weighted by Crippen LogP contribution is 2.23. The van der Waals surface area contributed by atoms with E-state index in [-0.39, 0.29) is 4.90 Å². The summed E-state index contributed by atoms with van der Waals surface area (Å²) in [6.07, 6.45) is 4.54. The Morgan fingerprint density at radius 1 is 0.875 bits per heavy atom. The quantitative estimate of drug-likeness (QED) is 0.426. The van der Waals surface area contributed by atoms with E-state index in [1.54, 1.807) is 18.2 Å². The third-order valence-electron chi connectivity index (χ3n) is 5.40. The molecule has 160 valence electrons. The maximum absolute atomic E-state index is 11.9. The van der Waals surface area contributed by atoms with Crippen molar-refractivity contribution in [2.45, 2.75) is 18.0 Å². The number of hydrogen-bond acceptors (Lipinski definition) is 6. The molecule has 0 radical (unpaired) electrons. The molecule has 0 fully saturated rings. The van der Waals surface area contributed by atoms with Gasteiger partial charge in [0, 0.05) is 24.7 Å². The van der Waals surface area contributed by atoms with Gasteiger partial charge in [-0.05, 0) is 41.5 Å². The Morgan fingerprint density at radius 3 is 2.47 bits per heavy atom.